The zero-order valence-electron chi connectivity index (χ0n) is 16.3. The summed E-state index contributed by atoms with van der Waals surface area (Å²) in [6, 6.07) is 7.90. The fraction of sp³-hybridized carbons (Fsp3) is 0.524. The van der Waals surface area contributed by atoms with Crippen LogP contribution in [0.4, 0.5) is 0 Å². The number of fused-ring (bicyclic) bond motifs is 1. The van der Waals surface area contributed by atoms with Gasteiger partial charge >= 0.3 is 0 Å². The molecule has 0 bridgehead atoms. The highest BCUT2D eigenvalue weighted by Gasteiger charge is 2.34. The maximum atomic E-state index is 12.4. The summed E-state index contributed by atoms with van der Waals surface area (Å²) in [6.45, 7) is 2.80. The number of nitrogens with zero attached hydrogens (tertiary/aromatic N) is 3. The molecule has 3 heterocycles. The monoisotopic (exact) mass is 384 g/mol. The van der Waals surface area contributed by atoms with Crippen LogP contribution in [-0.2, 0) is 16.1 Å². The lowest BCUT2D eigenvalue weighted by atomic mass is 9.99. The molecule has 150 valence electrons. The number of amides is 2. The minimum Gasteiger partial charge on any atom is -0.490 e. The summed E-state index contributed by atoms with van der Waals surface area (Å²) in [5, 5.41) is 0.996. The van der Waals surface area contributed by atoms with E-state index in [0.717, 1.165) is 62.0 Å². The van der Waals surface area contributed by atoms with Crippen molar-refractivity contribution < 1.29 is 14.3 Å². The highest BCUT2D eigenvalue weighted by molar-refractivity contribution is 5.88. The normalized spacial score (nSPS) is 22.0. The number of rotatable bonds is 5. The van der Waals surface area contributed by atoms with Crippen molar-refractivity contribution >= 4 is 22.7 Å². The van der Waals surface area contributed by atoms with Crippen LogP contribution in [0.1, 0.15) is 25.7 Å². The first kappa shape index (κ1) is 18.8. The number of hydrogen-bond acceptors (Lipinski definition) is 4. The molecule has 0 aliphatic carbocycles. The van der Waals surface area contributed by atoms with Crippen LogP contribution in [0, 0.1) is 0 Å². The molecule has 1 atom stereocenters. The first-order valence-corrected chi connectivity index (χ1v) is 10.0. The van der Waals surface area contributed by atoms with E-state index in [1.807, 2.05) is 47.0 Å². The van der Waals surface area contributed by atoms with Crippen LogP contribution in [0.5, 0.6) is 5.75 Å². The molecule has 2 saturated heterocycles. The third kappa shape index (κ3) is 3.71. The summed E-state index contributed by atoms with van der Waals surface area (Å²) < 4.78 is 8.16. The lowest BCUT2D eigenvalue weighted by Crippen LogP contribution is -2.54. The van der Waals surface area contributed by atoms with E-state index in [9.17, 15) is 9.59 Å². The van der Waals surface area contributed by atoms with Crippen molar-refractivity contribution in [2.45, 2.75) is 44.4 Å². The van der Waals surface area contributed by atoms with Crippen LogP contribution >= 0.6 is 0 Å². The number of primary amides is 1. The van der Waals surface area contributed by atoms with Gasteiger partial charge in [-0.2, -0.15) is 0 Å². The maximum Gasteiger partial charge on any atom is 0.239 e. The molecule has 4 rings (SSSR count). The Hall–Kier alpha value is -2.54. The lowest BCUT2D eigenvalue weighted by Gasteiger charge is -2.40. The molecule has 1 aromatic carbocycles. The van der Waals surface area contributed by atoms with E-state index < -0.39 is 0 Å². The highest BCUT2D eigenvalue weighted by atomic mass is 16.5. The SMILES string of the molecule is CN1CCCC(N2CCC(Oc3cccc4c3ccn4CC(N)=O)CC2)C1=O. The quantitative estimate of drug-likeness (QED) is 0.849. The first-order chi connectivity index (χ1) is 13.5. The van der Waals surface area contributed by atoms with E-state index in [2.05, 4.69) is 4.90 Å². The van der Waals surface area contributed by atoms with Gasteiger partial charge < -0.3 is 19.9 Å². The number of likely N-dealkylation sites (tertiary alicyclic amines) is 2. The molecule has 2 amide bonds. The number of carbonyl (C=O) groups excluding carboxylic acids is 2. The van der Waals surface area contributed by atoms with Gasteiger partial charge in [-0.3, -0.25) is 14.5 Å². The van der Waals surface area contributed by atoms with Gasteiger partial charge in [0, 0.05) is 38.3 Å². The van der Waals surface area contributed by atoms with Crippen molar-refractivity contribution in [3.63, 3.8) is 0 Å². The second-order valence-corrected chi connectivity index (χ2v) is 7.87. The van der Waals surface area contributed by atoms with Crippen LogP contribution in [-0.4, -0.2) is 65.0 Å². The van der Waals surface area contributed by atoms with E-state index in [-0.39, 0.29) is 30.5 Å². The summed E-state index contributed by atoms with van der Waals surface area (Å²) in [7, 11) is 1.90. The first-order valence-electron chi connectivity index (χ1n) is 10.0. The molecule has 7 nitrogen and oxygen atoms in total. The van der Waals surface area contributed by atoms with Crippen LogP contribution in [0.25, 0.3) is 10.9 Å². The van der Waals surface area contributed by atoms with Gasteiger partial charge in [0.05, 0.1) is 11.6 Å². The van der Waals surface area contributed by atoms with Crippen molar-refractivity contribution in [2.24, 2.45) is 5.73 Å². The molecule has 0 spiro atoms. The van der Waals surface area contributed by atoms with Gasteiger partial charge in [-0.15, -0.1) is 0 Å². The Morgan fingerprint density at radius 1 is 1.18 bits per heavy atom. The fourth-order valence-electron chi connectivity index (χ4n) is 4.44. The Balaban J connectivity index is 1.40. The molecule has 0 radical (unpaired) electrons. The second-order valence-electron chi connectivity index (χ2n) is 7.87. The Bertz CT molecular complexity index is 870. The number of nitrogens with two attached hydrogens (primary N) is 1. The van der Waals surface area contributed by atoms with Gasteiger partial charge in [0.15, 0.2) is 0 Å². The zero-order valence-corrected chi connectivity index (χ0v) is 16.3. The second kappa shape index (κ2) is 7.83. The van der Waals surface area contributed by atoms with Crippen molar-refractivity contribution in [2.75, 3.05) is 26.7 Å². The van der Waals surface area contributed by atoms with Gasteiger partial charge in [0.25, 0.3) is 0 Å². The van der Waals surface area contributed by atoms with E-state index in [1.54, 1.807) is 0 Å². The molecule has 1 aromatic heterocycles. The van der Waals surface area contributed by atoms with Crippen LogP contribution in [0.3, 0.4) is 0 Å². The van der Waals surface area contributed by atoms with E-state index in [0.29, 0.717) is 0 Å². The average molecular weight is 384 g/mol. The number of hydrogen-bond donors (Lipinski definition) is 1. The number of aromatic nitrogens is 1. The topological polar surface area (TPSA) is 80.8 Å². The van der Waals surface area contributed by atoms with Gasteiger partial charge in [-0.05, 0) is 43.9 Å². The minimum atomic E-state index is -0.362. The summed E-state index contributed by atoms with van der Waals surface area (Å²) in [5.41, 5.74) is 6.28. The van der Waals surface area contributed by atoms with Gasteiger partial charge in [-0.25, -0.2) is 0 Å². The molecular formula is C21H28N4O3. The number of ether oxygens (including phenoxy) is 1. The predicted molar refractivity (Wildman–Crippen MR) is 107 cm³/mol. The molecule has 0 saturated carbocycles. The molecule has 7 heteroatoms. The van der Waals surface area contributed by atoms with Crippen molar-refractivity contribution in [3.05, 3.63) is 30.5 Å². The minimum absolute atomic E-state index is 0.0333. The van der Waals surface area contributed by atoms with Crippen LogP contribution < -0.4 is 10.5 Å². The van der Waals surface area contributed by atoms with E-state index in [4.69, 9.17) is 10.5 Å². The summed E-state index contributed by atoms with van der Waals surface area (Å²) in [6.07, 6.45) is 5.86. The molecule has 1 unspecified atom stereocenters. The molecule has 2 aliphatic rings. The van der Waals surface area contributed by atoms with Crippen molar-refractivity contribution in [3.8, 4) is 5.75 Å². The molecule has 28 heavy (non-hydrogen) atoms. The molecule has 2 aliphatic heterocycles. The molecule has 2 N–H and O–H groups in total. The smallest absolute Gasteiger partial charge is 0.239 e. The Kier molecular flexibility index (Phi) is 5.26. The highest BCUT2D eigenvalue weighted by Crippen LogP contribution is 2.30. The fourth-order valence-corrected chi connectivity index (χ4v) is 4.44. The summed E-state index contributed by atoms with van der Waals surface area (Å²) in [4.78, 5) is 27.9. The average Bonchev–Trinajstić information content (AvgIpc) is 3.08. The lowest BCUT2D eigenvalue weighted by molar-refractivity contribution is -0.139. The number of likely N-dealkylation sites (N-methyl/N-ethyl adjacent to an activating group) is 1. The third-order valence-corrected chi connectivity index (χ3v) is 5.94. The van der Waals surface area contributed by atoms with Gasteiger partial charge in [0.1, 0.15) is 18.4 Å². The summed E-state index contributed by atoms with van der Waals surface area (Å²) in [5.74, 6) is 0.734. The Morgan fingerprint density at radius 2 is 1.96 bits per heavy atom. The standard InChI is InChI=1S/C21H28N4O3/c1-23-10-3-5-18(21(23)27)24-11-7-15(8-12-24)28-19-6-2-4-17-16(19)9-13-25(17)14-20(22)26/h2,4,6,9,13,15,18H,3,5,7-8,10-12,14H2,1H3,(H2,22,26). The van der Waals surface area contributed by atoms with E-state index in [1.165, 1.54) is 0 Å². The predicted octanol–water partition coefficient (Wildman–Crippen LogP) is 1.59. The number of carbonyl (C=O) groups is 2. The molecular weight excluding hydrogens is 356 g/mol. The molecule has 2 fully saturated rings. The largest absolute Gasteiger partial charge is 0.490 e. The van der Waals surface area contributed by atoms with Gasteiger partial charge in [0.2, 0.25) is 11.8 Å². The Labute approximate surface area is 165 Å². The summed E-state index contributed by atoms with van der Waals surface area (Å²) >= 11 is 0. The van der Waals surface area contributed by atoms with Crippen LogP contribution in [0.15, 0.2) is 30.5 Å². The van der Waals surface area contributed by atoms with E-state index >= 15 is 0 Å². The maximum absolute atomic E-state index is 12.4. The zero-order chi connectivity index (χ0) is 19.7. The van der Waals surface area contributed by atoms with Crippen LogP contribution in [0.2, 0.25) is 0 Å². The van der Waals surface area contributed by atoms with Crippen molar-refractivity contribution in [1.29, 1.82) is 0 Å². The number of piperidine rings is 2. The van der Waals surface area contributed by atoms with Crippen molar-refractivity contribution in [1.82, 2.24) is 14.4 Å². The number of benzene rings is 1. The third-order valence-electron chi connectivity index (χ3n) is 5.94. The Morgan fingerprint density at radius 3 is 2.71 bits per heavy atom. The van der Waals surface area contributed by atoms with Gasteiger partial charge in [-0.1, -0.05) is 6.07 Å². The molecule has 2 aromatic rings.